The maximum Gasteiger partial charge on any atom is 0.510 e. The van der Waals surface area contributed by atoms with Gasteiger partial charge in [0.05, 0.1) is 87.0 Å². The fourth-order valence-electron chi connectivity index (χ4n) is 10.7. The number of halogens is 3. The molecule has 4 aliphatic heterocycles. The Bertz CT molecular complexity index is 4490. The van der Waals surface area contributed by atoms with Crippen molar-refractivity contribution >= 4 is 111 Å². The summed E-state index contributed by atoms with van der Waals surface area (Å²) in [5.74, 6) is 0.639. The first-order valence-electron chi connectivity index (χ1n) is 36.0. The molecule has 0 spiro atoms. The van der Waals surface area contributed by atoms with Gasteiger partial charge in [-0.05, 0) is 60.6 Å². The number of nitrogens with two attached hydrogens (primary N) is 2. The molecule has 8 rings (SSSR count). The number of fused-ring (bicyclic) bond motifs is 2. The Morgan fingerprint density at radius 3 is 1.25 bits per heavy atom. The van der Waals surface area contributed by atoms with Crippen LogP contribution in [0.15, 0.2) is 61.9 Å². The maximum absolute atomic E-state index is 14.7. The smallest absolute Gasteiger partial charge is 0.438 e. The number of phosphoric acid groups is 3. The summed E-state index contributed by atoms with van der Waals surface area (Å²) < 4.78 is 181. The van der Waals surface area contributed by atoms with Crippen molar-refractivity contribution in [2.45, 2.75) is 159 Å². The van der Waals surface area contributed by atoms with Crippen molar-refractivity contribution in [2.24, 2.45) is 11.8 Å². The van der Waals surface area contributed by atoms with Gasteiger partial charge in [0.25, 0.3) is 5.91 Å². The standard InChI is InChI=1S/C24H32ClN4O11P.C24H32FN4O13P.C20H30FN2O14P/c1-6-24(33)21(32)23(9-25,40-22(24)29-11-28-17-16(26)7-8-27-18(17)29)10-37-41(34,38-12-35-19(30)14(2)3)39-13-36-20(31)15(4)5;1-6-24(33)19(30)23(9-25,42-20(24)29-11-28-17-16(26)7-8-27-18(17)29)10-37-43(34,38-12-35-21(31)40-14(2)3)39-13-36-22(32)41-15(4)5;1-5-30-17(26)32-11-35-38(29,36-12-33-18(27)31-6-2)34-10-20(9-21)15(25)19(4,28)16(37-20)23-8-7-14(24)22-13(23)3/h1,7-8,11,14-15,21-22,32-33H,9-10,12-13H2,2-5H3,(H2,26,27);1,7-8,11,14-15,19-20,30,33H,9-10,12-13H2,2-5H3,(H2,26,27);7-8,15-16,25,28H,3,5-6,9-12H2,1-2,4H3,(H,22,24)/t21-,22-,23-,24-;19-,20-,23-,24-;15-,16+,19+,20+/m110/s1. The fourth-order valence-corrected chi connectivity index (χ4v) is 13.8. The van der Waals surface area contributed by atoms with Crippen molar-refractivity contribution in [2.75, 3.05) is 104 Å². The quantitative estimate of drug-likeness (QED) is 0.00717. The summed E-state index contributed by atoms with van der Waals surface area (Å²) in [6.07, 6.45) is 1.87. The van der Waals surface area contributed by atoms with E-state index in [1.165, 1.54) is 55.5 Å². The predicted octanol–water partition coefficient (Wildman–Crippen LogP) is 4.89. The number of carbonyl (C=O) groups excluding carboxylic acids is 7. The number of pyridine rings is 2. The van der Waals surface area contributed by atoms with Crippen LogP contribution in [0.5, 0.6) is 0 Å². The van der Waals surface area contributed by atoms with Gasteiger partial charge in [-0.25, -0.2) is 88.7 Å². The van der Waals surface area contributed by atoms with E-state index in [2.05, 4.69) is 66.2 Å². The second-order valence-electron chi connectivity index (χ2n) is 27.1. The van der Waals surface area contributed by atoms with E-state index in [0.29, 0.717) is 0 Å². The lowest BCUT2D eigenvalue weighted by Crippen LogP contribution is -2.55. The molecule has 0 radical (unpaired) electrons. The molecule has 12 atom stereocenters. The monoisotopic (exact) mass is 1820 g/mol. The van der Waals surface area contributed by atoms with E-state index < -0.39 is 240 Å². The summed E-state index contributed by atoms with van der Waals surface area (Å²) in [4.78, 5) is 98.9. The van der Waals surface area contributed by atoms with E-state index in [1.54, 1.807) is 55.4 Å². The largest absolute Gasteiger partial charge is 0.510 e. The Balaban J connectivity index is 0.000000284. The molecule has 0 aliphatic carbocycles. The Labute approximate surface area is 698 Å². The molecule has 8 heterocycles. The van der Waals surface area contributed by atoms with Gasteiger partial charge in [0.15, 0.2) is 52.4 Å². The number of nitrogens with one attached hydrogen (secondary N) is 1. The number of esters is 2. The molecule has 4 aliphatic rings. The minimum Gasteiger partial charge on any atom is -0.438 e. The number of nitrogens with zero attached hydrogens (tertiary/aromatic N) is 7. The number of hydrogen-bond donors (Lipinski definition) is 9. The highest BCUT2D eigenvalue weighted by molar-refractivity contribution is 7.49. The van der Waals surface area contributed by atoms with Crippen LogP contribution >= 0.6 is 35.1 Å². The number of carbonyl (C=O) groups is 7. The van der Waals surface area contributed by atoms with Gasteiger partial charge in [-0.1, -0.05) is 46.1 Å². The normalized spacial score (nSPS) is 25.1. The van der Waals surface area contributed by atoms with E-state index in [9.17, 15) is 86.7 Å². The molecule has 4 aromatic rings. The maximum atomic E-state index is 14.7. The number of anilines is 2. The molecular formula is C68H94ClF2N10O38P3. The number of aliphatic hydroxyl groups is 6. The molecular weight excluding hydrogens is 1730 g/mol. The first kappa shape index (κ1) is 102. The molecule has 3 saturated heterocycles. The average molecular weight is 1830 g/mol. The molecule has 0 aromatic carbocycles. The van der Waals surface area contributed by atoms with Gasteiger partial charge in [0, 0.05) is 24.7 Å². The lowest BCUT2D eigenvalue weighted by Gasteiger charge is -2.37. The molecule has 122 heavy (non-hydrogen) atoms. The first-order chi connectivity index (χ1) is 57.3. The number of ether oxygens (including phenoxy) is 13. The highest BCUT2D eigenvalue weighted by Gasteiger charge is 2.67. The van der Waals surface area contributed by atoms with Crippen LogP contribution in [0, 0.1) is 36.5 Å². The Morgan fingerprint density at radius 1 is 0.566 bits per heavy atom. The van der Waals surface area contributed by atoms with Crippen LogP contribution < -0.4 is 16.8 Å². The van der Waals surface area contributed by atoms with Crippen LogP contribution in [0.25, 0.3) is 22.3 Å². The SMILES string of the molecule is C#C[C@@]1(O)[C@H](O)[C@@](CCl)(COP(=O)(OCOC(=O)C(C)C)OCOC(=O)C(C)C)O[C@H]1n1cnc2c(N)ccnc21.C#C[C@@]1(O)[C@H](O)[C@@](CF)(COP(=O)(OCOC(=O)OC(C)C)OCOC(=O)OC(C)C)O[C@H]1n1cnc2c(N)ccnc21.C=C1NC(=O)C=CN1[C@@H]1O[C@](CF)(COP(=O)(OCOC(=O)OCC)OCOC(=O)OCC)[C@@H](O)[C@@]1(C)O. The van der Waals surface area contributed by atoms with Crippen LogP contribution in [-0.4, -0.2) is 270 Å². The van der Waals surface area contributed by atoms with Gasteiger partial charge >= 0.3 is 60.0 Å². The number of nitrogen functional groups attached to an aromatic ring is 2. The van der Waals surface area contributed by atoms with Crippen LogP contribution in [0.4, 0.5) is 39.3 Å². The van der Waals surface area contributed by atoms with Gasteiger partial charge in [-0.3, -0.25) is 37.1 Å². The number of aliphatic hydroxyl groups excluding tert-OH is 3. The molecule has 1 amide bonds. The topological polar surface area (TPSA) is 624 Å². The van der Waals surface area contributed by atoms with E-state index in [0.717, 1.165) is 28.8 Å². The second kappa shape index (κ2) is 43.9. The number of imidazole rings is 2. The number of aromatic nitrogens is 6. The molecule has 0 saturated carbocycles. The zero-order chi connectivity index (χ0) is 91.2. The Morgan fingerprint density at radius 2 is 0.910 bits per heavy atom. The van der Waals surface area contributed by atoms with E-state index in [4.69, 9.17) is 110 Å². The van der Waals surface area contributed by atoms with Crippen molar-refractivity contribution in [1.82, 2.24) is 39.3 Å². The van der Waals surface area contributed by atoms with E-state index in [1.807, 2.05) is 5.92 Å². The summed E-state index contributed by atoms with van der Waals surface area (Å²) in [5, 5.41) is 69.0. The summed E-state index contributed by atoms with van der Waals surface area (Å²) in [6, 6.07) is 2.98. The minimum absolute atomic E-state index is 0.0332. The van der Waals surface area contributed by atoms with Gasteiger partial charge in [-0.2, -0.15) is 0 Å². The third kappa shape index (κ3) is 25.1. The van der Waals surface area contributed by atoms with Crippen LogP contribution in [0.1, 0.15) is 88.6 Å². The number of hydrogen-bond acceptors (Lipinski definition) is 45. The molecule has 0 bridgehead atoms. The van der Waals surface area contributed by atoms with Crippen molar-refractivity contribution in [3.63, 3.8) is 0 Å². The average Bonchev–Trinajstić information content (AvgIpc) is 1.55. The molecule has 680 valence electrons. The van der Waals surface area contributed by atoms with Crippen molar-refractivity contribution < 1.29 is 189 Å². The molecule has 54 heteroatoms. The highest BCUT2D eigenvalue weighted by Crippen LogP contribution is 2.56. The van der Waals surface area contributed by atoms with Crippen LogP contribution in [0.3, 0.4) is 0 Å². The van der Waals surface area contributed by atoms with Gasteiger partial charge in [-0.15, -0.1) is 24.4 Å². The van der Waals surface area contributed by atoms with Crippen molar-refractivity contribution in [3.8, 4) is 24.7 Å². The lowest BCUT2D eigenvalue weighted by molar-refractivity contribution is -0.159. The van der Waals surface area contributed by atoms with Crippen molar-refractivity contribution in [3.05, 3.63) is 61.9 Å². The molecule has 48 nitrogen and oxygen atoms in total. The predicted molar refractivity (Wildman–Crippen MR) is 404 cm³/mol. The first-order valence-corrected chi connectivity index (χ1v) is 40.9. The fraction of sp³-hybridized carbons (Fsp3) is 0.603. The third-order valence-corrected chi connectivity index (χ3v) is 21.2. The number of phosphoric ester groups is 3. The van der Waals surface area contributed by atoms with Gasteiger partial charge in [0.2, 0.25) is 40.8 Å². The third-order valence-electron chi connectivity index (χ3n) is 16.9. The summed E-state index contributed by atoms with van der Waals surface area (Å²) in [5.41, 5.74) is -0.934. The van der Waals surface area contributed by atoms with Crippen LogP contribution in [-0.2, 0) is 130 Å². The Hall–Kier alpha value is -9.15. The van der Waals surface area contributed by atoms with E-state index in [-0.39, 0.29) is 52.7 Å². The van der Waals surface area contributed by atoms with Gasteiger partial charge in [0.1, 0.15) is 59.7 Å². The number of amides is 1. The van der Waals surface area contributed by atoms with E-state index >= 15 is 0 Å². The number of rotatable bonds is 39. The zero-order valence-corrected chi connectivity index (χ0v) is 70.6. The molecule has 4 aromatic heterocycles. The second-order valence-corrected chi connectivity index (χ2v) is 32.4. The minimum atomic E-state index is -4.92. The summed E-state index contributed by atoms with van der Waals surface area (Å²) in [7, 11) is -14.4. The summed E-state index contributed by atoms with van der Waals surface area (Å²) >= 11 is 6.19. The zero-order valence-electron chi connectivity index (χ0n) is 67.2. The van der Waals surface area contributed by atoms with Crippen LogP contribution in [0.2, 0.25) is 0 Å². The van der Waals surface area contributed by atoms with Gasteiger partial charge < -0.3 is 114 Å². The molecule has 0 unspecified atom stereocenters. The molecule has 3 fully saturated rings. The highest BCUT2D eigenvalue weighted by atomic mass is 35.5. The molecule has 11 N–H and O–H groups in total. The number of terminal acetylenes is 2. The van der Waals surface area contributed by atoms with Crippen molar-refractivity contribution in [1.29, 1.82) is 0 Å². The Kier molecular flexibility index (Phi) is 36.6. The lowest BCUT2D eigenvalue weighted by atomic mass is 9.87. The summed E-state index contributed by atoms with van der Waals surface area (Å²) in [6.45, 7) is 8.21. The number of alkyl halides is 3.